The lowest BCUT2D eigenvalue weighted by atomic mass is 10.2. The van der Waals surface area contributed by atoms with Gasteiger partial charge in [-0.05, 0) is 31.9 Å². The molecule has 0 saturated heterocycles. The monoisotopic (exact) mass is 311 g/mol. The molecule has 0 amide bonds. The molecule has 0 heterocycles. The molecule has 0 spiro atoms. The van der Waals surface area contributed by atoms with Crippen LogP contribution in [0.3, 0.4) is 0 Å². The number of nitrogens with zero attached hydrogens (tertiary/aromatic N) is 1. The number of esters is 1. The molecule has 2 rings (SSSR count). The Kier molecular flexibility index (Phi) is 5.00. The predicted molar refractivity (Wildman–Crippen MR) is 79.2 cm³/mol. The summed E-state index contributed by atoms with van der Waals surface area (Å²) in [6, 6.07) is 8.35. The Hall–Kier alpha value is -1.40. The first-order valence-corrected chi connectivity index (χ1v) is 8.64. The Morgan fingerprint density at radius 1 is 1.33 bits per heavy atom. The van der Waals surface area contributed by atoms with Crippen molar-refractivity contribution in [2.24, 2.45) is 5.92 Å². The fourth-order valence-corrected chi connectivity index (χ4v) is 3.96. The van der Waals surface area contributed by atoms with Gasteiger partial charge >= 0.3 is 5.97 Å². The van der Waals surface area contributed by atoms with Gasteiger partial charge in [0.15, 0.2) is 0 Å². The molecule has 1 saturated carbocycles. The van der Waals surface area contributed by atoms with E-state index in [1.807, 2.05) is 0 Å². The number of hydrogen-bond donors (Lipinski definition) is 0. The second-order valence-corrected chi connectivity index (χ2v) is 7.16. The van der Waals surface area contributed by atoms with Crippen molar-refractivity contribution in [3.8, 4) is 0 Å². The van der Waals surface area contributed by atoms with Crippen molar-refractivity contribution in [1.82, 2.24) is 4.31 Å². The van der Waals surface area contributed by atoms with E-state index in [4.69, 9.17) is 4.74 Å². The summed E-state index contributed by atoms with van der Waals surface area (Å²) < 4.78 is 31.8. The summed E-state index contributed by atoms with van der Waals surface area (Å²) in [7, 11) is -3.56. The van der Waals surface area contributed by atoms with Gasteiger partial charge in [0.2, 0.25) is 10.0 Å². The lowest BCUT2D eigenvalue weighted by molar-refractivity contribution is -0.147. The summed E-state index contributed by atoms with van der Waals surface area (Å²) >= 11 is 0. The zero-order valence-electron chi connectivity index (χ0n) is 12.4. The minimum atomic E-state index is -3.56. The number of carbonyl (C=O) groups excluding carboxylic acids is 1. The standard InChI is InChI=1S/C15H21NO4S/c1-3-20-15(17)12(2)11-16(13-9-10-13)21(18,19)14-7-5-4-6-8-14/h4-8,12-13H,3,9-11H2,1-2H3. The third kappa shape index (κ3) is 3.83. The van der Waals surface area contributed by atoms with E-state index < -0.39 is 15.9 Å². The first kappa shape index (κ1) is 16.0. The van der Waals surface area contributed by atoms with Crippen molar-refractivity contribution < 1.29 is 17.9 Å². The minimum Gasteiger partial charge on any atom is -0.466 e. The number of hydrogen-bond acceptors (Lipinski definition) is 4. The highest BCUT2D eigenvalue weighted by molar-refractivity contribution is 7.89. The van der Waals surface area contributed by atoms with Crippen LogP contribution in [-0.4, -0.2) is 37.9 Å². The number of rotatable bonds is 7. The molecule has 0 bridgehead atoms. The Morgan fingerprint density at radius 3 is 2.48 bits per heavy atom. The van der Waals surface area contributed by atoms with Gasteiger partial charge in [-0.1, -0.05) is 25.1 Å². The van der Waals surface area contributed by atoms with Crippen molar-refractivity contribution in [3.63, 3.8) is 0 Å². The zero-order chi connectivity index (χ0) is 15.5. The molecular formula is C15H21NO4S. The van der Waals surface area contributed by atoms with Crippen LogP contribution in [0.15, 0.2) is 35.2 Å². The van der Waals surface area contributed by atoms with E-state index in [1.165, 1.54) is 4.31 Å². The maximum absolute atomic E-state index is 12.7. The van der Waals surface area contributed by atoms with E-state index in [-0.39, 0.29) is 23.5 Å². The van der Waals surface area contributed by atoms with Crippen molar-refractivity contribution >= 4 is 16.0 Å². The summed E-state index contributed by atoms with van der Waals surface area (Å²) in [4.78, 5) is 12.0. The highest BCUT2D eigenvalue weighted by Crippen LogP contribution is 2.32. The van der Waals surface area contributed by atoms with Crippen LogP contribution in [0.4, 0.5) is 0 Å². The average molecular weight is 311 g/mol. The fraction of sp³-hybridized carbons (Fsp3) is 0.533. The molecule has 6 heteroatoms. The smallest absolute Gasteiger partial charge is 0.309 e. The van der Waals surface area contributed by atoms with Crippen LogP contribution in [0, 0.1) is 5.92 Å². The molecule has 116 valence electrons. The van der Waals surface area contributed by atoms with E-state index in [0.717, 1.165) is 12.8 Å². The number of benzene rings is 1. The number of sulfonamides is 1. The molecule has 0 aliphatic heterocycles. The maximum Gasteiger partial charge on any atom is 0.309 e. The van der Waals surface area contributed by atoms with Crippen molar-refractivity contribution in [1.29, 1.82) is 0 Å². The quantitative estimate of drug-likeness (QED) is 0.723. The van der Waals surface area contributed by atoms with Crippen LogP contribution >= 0.6 is 0 Å². The van der Waals surface area contributed by atoms with Gasteiger partial charge in [0.1, 0.15) is 0 Å². The lowest BCUT2D eigenvalue weighted by Crippen LogP contribution is -2.39. The van der Waals surface area contributed by atoms with Gasteiger partial charge in [-0.15, -0.1) is 0 Å². The molecule has 0 aromatic heterocycles. The van der Waals surface area contributed by atoms with Crippen LogP contribution < -0.4 is 0 Å². The van der Waals surface area contributed by atoms with Crippen LogP contribution in [0.5, 0.6) is 0 Å². The van der Waals surface area contributed by atoms with E-state index >= 15 is 0 Å². The van der Waals surface area contributed by atoms with Crippen LogP contribution in [0.2, 0.25) is 0 Å². The summed E-state index contributed by atoms with van der Waals surface area (Å²) in [6.45, 7) is 3.91. The number of carbonyl (C=O) groups is 1. The SMILES string of the molecule is CCOC(=O)C(C)CN(C1CC1)S(=O)(=O)c1ccccc1. The Balaban J connectivity index is 2.18. The molecular weight excluding hydrogens is 290 g/mol. The van der Waals surface area contributed by atoms with E-state index in [9.17, 15) is 13.2 Å². The Morgan fingerprint density at radius 2 is 1.95 bits per heavy atom. The normalized spacial score (nSPS) is 16.7. The summed E-state index contributed by atoms with van der Waals surface area (Å²) in [5.74, 6) is -0.824. The molecule has 1 unspecified atom stereocenters. The van der Waals surface area contributed by atoms with Crippen molar-refractivity contribution in [2.75, 3.05) is 13.2 Å². The van der Waals surface area contributed by atoms with Crippen LogP contribution in [0.1, 0.15) is 26.7 Å². The van der Waals surface area contributed by atoms with E-state index in [1.54, 1.807) is 44.2 Å². The Labute approximate surface area is 126 Å². The van der Waals surface area contributed by atoms with Gasteiger partial charge in [0.25, 0.3) is 0 Å². The summed E-state index contributed by atoms with van der Waals surface area (Å²) in [6.07, 6.45) is 1.70. The van der Waals surface area contributed by atoms with Gasteiger partial charge in [0.05, 0.1) is 17.4 Å². The molecule has 1 aromatic rings. The maximum atomic E-state index is 12.7. The van der Waals surface area contributed by atoms with Gasteiger partial charge in [-0.3, -0.25) is 4.79 Å². The lowest BCUT2D eigenvalue weighted by Gasteiger charge is -2.24. The molecule has 0 N–H and O–H groups in total. The topological polar surface area (TPSA) is 63.7 Å². The molecule has 1 aromatic carbocycles. The van der Waals surface area contributed by atoms with Gasteiger partial charge < -0.3 is 4.74 Å². The third-order valence-corrected chi connectivity index (χ3v) is 5.38. The van der Waals surface area contributed by atoms with E-state index in [0.29, 0.717) is 6.61 Å². The molecule has 0 radical (unpaired) electrons. The fourth-order valence-electron chi connectivity index (χ4n) is 2.16. The van der Waals surface area contributed by atoms with Crippen molar-refractivity contribution in [3.05, 3.63) is 30.3 Å². The Bertz CT molecular complexity index is 581. The molecule has 1 atom stereocenters. The molecule has 21 heavy (non-hydrogen) atoms. The molecule has 5 nitrogen and oxygen atoms in total. The second-order valence-electron chi connectivity index (χ2n) is 5.27. The zero-order valence-corrected chi connectivity index (χ0v) is 13.2. The van der Waals surface area contributed by atoms with Crippen LogP contribution in [-0.2, 0) is 19.6 Å². The minimum absolute atomic E-state index is 0.00656. The van der Waals surface area contributed by atoms with Crippen LogP contribution in [0.25, 0.3) is 0 Å². The van der Waals surface area contributed by atoms with Gasteiger partial charge in [0, 0.05) is 12.6 Å². The first-order valence-electron chi connectivity index (χ1n) is 7.20. The predicted octanol–water partition coefficient (Wildman–Crippen LogP) is 2.04. The van der Waals surface area contributed by atoms with Gasteiger partial charge in [-0.2, -0.15) is 4.31 Å². The van der Waals surface area contributed by atoms with Crippen molar-refractivity contribution in [2.45, 2.75) is 37.6 Å². The molecule has 1 aliphatic rings. The summed E-state index contributed by atoms with van der Waals surface area (Å²) in [5, 5.41) is 0. The van der Waals surface area contributed by atoms with E-state index in [2.05, 4.69) is 0 Å². The molecule has 1 aliphatic carbocycles. The highest BCUT2D eigenvalue weighted by atomic mass is 32.2. The highest BCUT2D eigenvalue weighted by Gasteiger charge is 2.39. The molecule has 1 fully saturated rings. The average Bonchev–Trinajstić information content (AvgIpc) is 3.30. The third-order valence-electron chi connectivity index (χ3n) is 3.45. The van der Waals surface area contributed by atoms with Gasteiger partial charge in [-0.25, -0.2) is 8.42 Å². The number of ether oxygens (including phenoxy) is 1. The largest absolute Gasteiger partial charge is 0.466 e. The summed E-state index contributed by atoms with van der Waals surface area (Å²) in [5.41, 5.74) is 0. The second kappa shape index (κ2) is 6.58. The first-order chi connectivity index (χ1) is 9.96.